The molecule has 0 aliphatic carbocycles. The van der Waals surface area contributed by atoms with Crippen LogP contribution in [0.1, 0.15) is 19.5 Å². The lowest BCUT2D eigenvalue weighted by molar-refractivity contribution is -0.142. The van der Waals surface area contributed by atoms with Crippen LogP contribution in [0.2, 0.25) is 0 Å². The number of cyclic esters (lactones) is 1. The minimum absolute atomic E-state index is 0.131. The van der Waals surface area contributed by atoms with Crippen LogP contribution in [0.25, 0.3) is 0 Å². The molecule has 2 heterocycles. The summed E-state index contributed by atoms with van der Waals surface area (Å²) in [6.45, 7) is 4.41. The summed E-state index contributed by atoms with van der Waals surface area (Å²) in [6, 6.07) is -0.545. The van der Waals surface area contributed by atoms with Crippen molar-refractivity contribution in [2.45, 2.75) is 45.1 Å². The van der Waals surface area contributed by atoms with Gasteiger partial charge in [-0.2, -0.15) is 0 Å². The average molecular weight is 297 g/mol. The Morgan fingerprint density at radius 2 is 2.43 bits per heavy atom. The van der Waals surface area contributed by atoms with Crippen LogP contribution in [0.4, 0.5) is 4.79 Å². The lowest BCUT2D eigenvalue weighted by Crippen LogP contribution is -2.35. The van der Waals surface area contributed by atoms with Gasteiger partial charge in [0.2, 0.25) is 0 Å². The summed E-state index contributed by atoms with van der Waals surface area (Å²) in [7, 11) is 1.34. The van der Waals surface area contributed by atoms with Crippen molar-refractivity contribution in [1.29, 1.82) is 0 Å². The van der Waals surface area contributed by atoms with E-state index in [-0.39, 0.29) is 18.1 Å². The summed E-state index contributed by atoms with van der Waals surface area (Å²) in [5.74, 6) is -0.331. The van der Waals surface area contributed by atoms with E-state index in [9.17, 15) is 9.59 Å². The smallest absolute Gasteiger partial charge is 0.407 e. The Morgan fingerprint density at radius 1 is 1.67 bits per heavy atom. The van der Waals surface area contributed by atoms with Crippen LogP contribution in [-0.2, 0) is 27.4 Å². The van der Waals surface area contributed by atoms with Gasteiger partial charge in [-0.25, -0.2) is 4.79 Å². The highest BCUT2D eigenvalue weighted by Gasteiger charge is 2.30. The summed E-state index contributed by atoms with van der Waals surface area (Å²) in [6.07, 6.45) is 1.14. The number of aromatic nitrogens is 3. The maximum Gasteiger partial charge on any atom is 0.407 e. The topological polar surface area (TPSA) is 107 Å². The van der Waals surface area contributed by atoms with E-state index in [0.717, 1.165) is 0 Å². The van der Waals surface area contributed by atoms with Crippen LogP contribution in [0, 0.1) is 0 Å². The van der Waals surface area contributed by atoms with Crippen molar-refractivity contribution < 1.29 is 19.1 Å². The van der Waals surface area contributed by atoms with Gasteiger partial charge >= 0.3 is 12.1 Å². The van der Waals surface area contributed by atoms with Crippen molar-refractivity contribution in [2.24, 2.45) is 0 Å². The van der Waals surface area contributed by atoms with Gasteiger partial charge in [-0.05, 0) is 13.8 Å². The molecule has 2 N–H and O–H groups in total. The SMILES string of the molecule is COC(=O)[C@@H](C)NCc1cn(C[C@H]2NC(=O)O[C@@H]2C)nn1. The van der Waals surface area contributed by atoms with Crippen LogP contribution in [0.15, 0.2) is 6.20 Å². The molecule has 1 fully saturated rings. The van der Waals surface area contributed by atoms with Crippen molar-refractivity contribution in [1.82, 2.24) is 25.6 Å². The van der Waals surface area contributed by atoms with Gasteiger partial charge in [0.1, 0.15) is 12.1 Å². The first-order valence-electron chi connectivity index (χ1n) is 6.67. The molecule has 0 saturated carbocycles. The zero-order valence-electron chi connectivity index (χ0n) is 12.2. The van der Waals surface area contributed by atoms with Crippen LogP contribution >= 0.6 is 0 Å². The second-order valence-corrected chi connectivity index (χ2v) is 4.92. The molecule has 3 atom stereocenters. The van der Waals surface area contributed by atoms with E-state index in [1.165, 1.54) is 7.11 Å². The third kappa shape index (κ3) is 3.91. The highest BCUT2D eigenvalue weighted by Crippen LogP contribution is 2.09. The number of carbonyl (C=O) groups excluding carboxylic acids is 2. The number of nitrogens with one attached hydrogen (secondary N) is 2. The van der Waals surface area contributed by atoms with Gasteiger partial charge in [0.05, 0.1) is 25.4 Å². The van der Waals surface area contributed by atoms with Gasteiger partial charge in [-0.15, -0.1) is 5.10 Å². The second kappa shape index (κ2) is 6.53. The van der Waals surface area contributed by atoms with E-state index in [2.05, 4.69) is 25.7 Å². The number of ether oxygens (including phenoxy) is 2. The highest BCUT2D eigenvalue weighted by molar-refractivity contribution is 5.75. The largest absolute Gasteiger partial charge is 0.468 e. The molecule has 0 radical (unpaired) electrons. The highest BCUT2D eigenvalue weighted by atomic mass is 16.6. The van der Waals surface area contributed by atoms with Crippen molar-refractivity contribution >= 4 is 12.1 Å². The molecule has 1 saturated heterocycles. The molecule has 116 valence electrons. The van der Waals surface area contributed by atoms with Crippen LogP contribution in [-0.4, -0.2) is 52.4 Å². The normalized spacial score (nSPS) is 22.5. The number of hydrogen-bond donors (Lipinski definition) is 2. The quantitative estimate of drug-likeness (QED) is 0.677. The minimum atomic E-state index is -0.415. The van der Waals surface area contributed by atoms with Crippen molar-refractivity contribution in [3.8, 4) is 0 Å². The fourth-order valence-electron chi connectivity index (χ4n) is 1.98. The number of nitrogens with zero attached hydrogens (tertiary/aromatic N) is 3. The standard InChI is InChI=1S/C12H19N5O4/c1-7(11(18)20-3)13-4-9-5-17(16-15-9)6-10-8(2)21-12(19)14-10/h5,7-8,10,13H,4,6H2,1-3H3,(H,14,19)/t7-,8-,10-/m1/s1. The molecule has 0 aromatic carbocycles. The Bertz CT molecular complexity index is 518. The molecule has 0 spiro atoms. The maximum atomic E-state index is 11.3. The summed E-state index contributed by atoms with van der Waals surface area (Å²) in [5, 5.41) is 13.7. The number of hydrogen-bond acceptors (Lipinski definition) is 7. The predicted octanol–water partition coefficient (Wildman–Crippen LogP) is -0.574. The van der Waals surface area contributed by atoms with Crippen molar-refractivity contribution in [3.63, 3.8) is 0 Å². The molecule has 21 heavy (non-hydrogen) atoms. The zero-order chi connectivity index (χ0) is 15.4. The molecule has 0 bridgehead atoms. The Labute approximate surface area is 122 Å². The fourth-order valence-corrected chi connectivity index (χ4v) is 1.98. The molecule has 1 aromatic heterocycles. The molecule has 1 aliphatic rings. The first-order valence-corrected chi connectivity index (χ1v) is 6.67. The summed E-state index contributed by atoms with van der Waals surface area (Å²) >= 11 is 0. The number of amides is 1. The first kappa shape index (κ1) is 15.2. The monoisotopic (exact) mass is 297 g/mol. The van der Waals surface area contributed by atoms with E-state index in [0.29, 0.717) is 18.8 Å². The number of methoxy groups -OCH3 is 1. The van der Waals surface area contributed by atoms with Gasteiger partial charge in [0.25, 0.3) is 0 Å². The third-order valence-electron chi connectivity index (χ3n) is 3.28. The summed E-state index contributed by atoms with van der Waals surface area (Å²) in [4.78, 5) is 22.4. The van der Waals surface area contributed by atoms with Crippen LogP contribution < -0.4 is 10.6 Å². The molecule has 2 rings (SSSR count). The van der Waals surface area contributed by atoms with E-state index < -0.39 is 12.1 Å². The Hall–Kier alpha value is -2.16. The van der Waals surface area contributed by atoms with E-state index in [4.69, 9.17) is 4.74 Å². The lowest BCUT2D eigenvalue weighted by Gasteiger charge is -2.11. The molecular weight excluding hydrogens is 278 g/mol. The molecule has 1 amide bonds. The van der Waals surface area contributed by atoms with E-state index in [1.807, 2.05) is 6.92 Å². The van der Waals surface area contributed by atoms with E-state index in [1.54, 1.807) is 17.8 Å². The fraction of sp³-hybridized carbons (Fsp3) is 0.667. The van der Waals surface area contributed by atoms with Crippen molar-refractivity contribution in [3.05, 3.63) is 11.9 Å². The first-order chi connectivity index (χ1) is 9.99. The predicted molar refractivity (Wildman–Crippen MR) is 71.2 cm³/mol. The number of rotatable bonds is 6. The lowest BCUT2D eigenvalue weighted by atomic mass is 10.2. The minimum Gasteiger partial charge on any atom is -0.468 e. The van der Waals surface area contributed by atoms with Gasteiger partial charge in [-0.3, -0.25) is 14.8 Å². The van der Waals surface area contributed by atoms with Crippen LogP contribution in [0.3, 0.4) is 0 Å². The number of carbonyl (C=O) groups is 2. The number of esters is 1. The summed E-state index contributed by atoms with van der Waals surface area (Å²) in [5.41, 5.74) is 0.698. The van der Waals surface area contributed by atoms with Gasteiger partial charge < -0.3 is 14.8 Å². The average Bonchev–Trinajstić information content (AvgIpc) is 3.02. The molecule has 9 nitrogen and oxygen atoms in total. The molecule has 1 aliphatic heterocycles. The molecule has 9 heteroatoms. The maximum absolute atomic E-state index is 11.3. The van der Waals surface area contributed by atoms with Gasteiger partial charge in [0, 0.05) is 12.7 Å². The zero-order valence-corrected chi connectivity index (χ0v) is 12.2. The third-order valence-corrected chi connectivity index (χ3v) is 3.28. The van der Waals surface area contributed by atoms with Crippen molar-refractivity contribution in [2.75, 3.05) is 7.11 Å². The molecule has 0 unspecified atom stereocenters. The Balaban J connectivity index is 1.84. The van der Waals surface area contributed by atoms with E-state index >= 15 is 0 Å². The van der Waals surface area contributed by atoms with Crippen LogP contribution in [0.5, 0.6) is 0 Å². The van der Waals surface area contributed by atoms with Gasteiger partial charge in [-0.1, -0.05) is 5.21 Å². The number of alkyl carbamates (subject to hydrolysis) is 1. The summed E-state index contributed by atoms with van der Waals surface area (Å²) < 4.78 is 11.2. The Morgan fingerprint density at radius 3 is 3.05 bits per heavy atom. The molecule has 1 aromatic rings. The molecular formula is C12H19N5O4. The second-order valence-electron chi connectivity index (χ2n) is 4.92. The van der Waals surface area contributed by atoms with Gasteiger partial charge in [0.15, 0.2) is 0 Å². The Kier molecular flexibility index (Phi) is 4.73.